The largest absolute Gasteiger partial charge is 0.271 e. The lowest BCUT2D eigenvalue weighted by Crippen LogP contribution is -2.36. The predicted octanol–water partition coefficient (Wildman–Crippen LogP) is 4.73. The number of halogens is 1. The number of rotatable bonds is 12. The molecule has 1 atom stereocenters. The number of benzene rings is 1. The van der Waals surface area contributed by atoms with Crippen molar-refractivity contribution in [1.82, 2.24) is 5.43 Å². The van der Waals surface area contributed by atoms with Crippen molar-refractivity contribution >= 4 is 0 Å². The fourth-order valence-corrected chi connectivity index (χ4v) is 2.72. The molecule has 0 aromatic heterocycles. The van der Waals surface area contributed by atoms with Crippen LogP contribution in [0.2, 0.25) is 0 Å². The van der Waals surface area contributed by atoms with Gasteiger partial charge in [0.2, 0.25) is 0 Å². The molecule has 0 heterocycles. The minimum absolute atomic E-state index is 0.171. The third-order valence-electron chi connectivity index (χ3n) is 4.01. The summed E-state index contributed by atoms with van der Waals surface area (Å²) in [6, 6.07) is 7.03. The predicted molar refractivity (Wildman–Crippen MR) is 88.4 cm³/mol. The van der Waals surface area contributed by atoms with Gasteiger partial charge in [-0.3, -0.25) is 11.3 Å². The molecule has 0 aliphatic carbocycles. The molecule has 0 amide bonds. The molecule has 21 heavy (non-hydrogen) atoms. The smallest absolute Gasteiger partial charge is 0.123 e. The fraction of sp³-hybridized carbons (Fsp3) is 0.667. The summed E-state index contributed by atoms with van der Waals surface area (Å²) in [6.07, 6.45) is 12.4. The minimum atomic E-state index is -0.171. The van der Waals surface area contributed by atoms with E-state index in [1.54, 1.807) is 12.1 Å². The Morgan fingerprint density at radius 3 is 2.33 bits per heavy atom. The molecular formula is C18H31FN2. The molecule has 3 N–H and O–H groups in total. The fourth-order valence-electron chi connectivity index (χ4n) is 2.72. The summed E-state index contributed by atoms with van der Waals surface area (Å²) in [5, 5.41) is 0. The maximum Gasteiger partial charge on any atom is 0.123 e. The molecule has 0 fully saturated rings. The van der Waals surface area contributed by atoms with Gasteiger partial charge in [-0.05, 0) is 30.5 Å². The lowest BCUT2D eigenvalue weighted by Gasteiger charge is -2.15. The second-order valence-corrected chi connectivity index (χ2v) is 5.96. The van der Waals surface area contributed by atoms with E-state index < -0.39 is 0 Å². The van der Waals surface area contributed by atoms with Crippen molar-refractivity contribution in [3.05, 3.63) is 35.6 Å². The van der Waals surface area contributed by atoms with E-state index in [4.69, 9.17) is 5.84 Å². The van der Waals surface area contributed by atoms with E-state index in [1.165, 1.54) is 57.4 Å². The Morgan fingerprint density at radius 1 is 1.05 bits per heavy atom. The van der Waals surface area contributed by atoms with E-state index >= 15 is 0 Å². The van der Waals surface area contributed by atoms with Gasteiger partial charge in [0, 0.05) is 6.04 Å². The third-order valence-corrected chi connectivity index (χ3v) is 4.01. The van der Waals surface area contributed by atoms with Crippen LogP contribution >= 0.6 is 0 Å². The molecule has 0 radical (unpaired) electrons. The van der Waals surface area contributed by atoms with Crippen LogP contribution in [0.25, 0.3) is 0 Å². The number of nitrogens with one attached hydrogen (secondary N) is 1. The zero-order chi connectivity index (χ0) is 15.3. The molecular weight excluding hydrogens is 263 g/mol. The van der Waals surface area contributed by atoms with Gasteiger partial charge in [-0.15, -0.1) is 0 Å². The molecule has 0 saturated carbocycles. The van der Waals surface area contributed by atoms with Gasteiger partial charge >= 0.3 is 0 Å². The molecule has 1 aromatic rings. The molecule has 1 rings (SSSR count). The highest BCUT2D eigenvalue weighted by Gasteiger charge is 2.08. The first-order valence-electron chi connectivity index (χ1n) is 8.46. The van der Waals surface area contributed by atoms with Crippen LogP contribution in [-0.4, -0.2) is 6.04 Å². The van der Waals surface area contributed by atoms with E-state index in [-0.39, 0.29) is 11.9 Å². The van der Waals surface area contributed by atoms with Crippen LogP contribution in [0.5, 0.6) is 0 Å². The van der Waals surface area contributed by atoms with Gasteiger partial charge < -0.3 is 0 Å². The van der Waals surface area contributed by atoms with Gasteiger partial charge in [-0.25, -0.2) is 4.39 Å². The molecule has 0 aliphatic rings. The van der Waals surface area contributed by atoms with Crippen LogP contribution in [0, 0.1) is 5.82 Å². The van der Waals surface area contributed by atoms with Crippen LogP contribution in [0.4, 0.5) is 4.39 Å². The summed E-state index contributed by atoms with van der Waals surface area (Å²) < 4.78 is 13.1. The van der Waals surface area contributed by atoms with E-state index in [0.29, 0.717) is 0 Å². The lowest BCUT2D eigenvalue weighted by molar-refractivity contribution is 0.457. The van der Waals surface area contributed by atoms with Gasteiger partial charge in [0.1, 0.15) is 5.82 Å². The summed E-state index contributed by atoms with van der Waals surface area (Å²) >= 11 is 0. The van der Waals surface area contributed by atoms with Crippen LogP contribution in [0.1, 0.15) is 70.3 Å². The summed E-state index contributed by atoms with van der Waals surface area (Å²) in [6.45, 7) is 2.25. The van der Waals surface area contributed by atoms with Crippen LogP contribution in [-0.2, 0) is 6.42 Å². The maximum absolute atomic E-state index is 13.1. The zero-order valence-corrected chi connectivity index (χ0v) is 13.4. The molecule has 1 unspecified atom stereocenters. The SMILES string of the molecule is CCCCCCCCCCC(Cc1cccc(F)c1)NN. The van der Waals surface area contributed by atoms with Gasteiger partial charge in [-0.2, -0.15) is 0 Å². The highest BCUT2D eigenvalue weighted by atomic mass is 19.1. The normalized spacial score (nSPS) is 12.5. The average molecular weight is 294 g/mol. The molecule has 3 heteroatoms. The molecule has 0 saturated heterocycles. The van der Waals surface area contributed by atoms with Crippen molar-refractivity contribution in [2.45, 2.75) is 77.2 Å². The van der Waals surface area contributed by atoms with E-state index in [1.807, 2.05) is 6.07 Å². The summed E-state index contributed by atoms with van der Waals surface area (Å²) in [5.74, 6) is 5.44. The monoisotopic (exact) mass is 294 g/mol. The second-order valence-electron chi connectivity index (χ2n) is 5.96. The van der Waals surface area contributed by atoms with Crippen molar-refractivity contribution in [1.29, 1.82) is 0 Å². The minimum Gasteiger partial charge on any atom is -0.271 e. The van der Waals surface area contributed by atoms with Gasteiger partial charge in [0.25, 0.3) is 0 Å². The van der Waals surface area contributed by atoms with E-state index in [2.05, 4.69) is 12.3 Å². The van der Waals surface area contributed by atoms with Crippen molar-refractivity contribution in [2.75, 3.05) is 0 Å². The quantitative estimate of drug-likeness (QED) is 0.332. The Hall–Kier alpha value is -0.930. The Kier molecular flexibility index (Phi) is 10.1. The Balaban J connectivity index is 2.11. The van der Waals surface area contributed by atoms with Crippen molar-refractivity contribution in [3.63, 3.8) is 0 Å². The van der Waals surface area contributed by atoms with Crippen molar-refractivity contribution in [3.8, 4) is 0 Å². The van der Waals surface area contributed by atoms with E-state index in [0.717, 1.165) is 18.4 Å². The van der Waals surface area contributed by atoms with Crippen LogP contribution in [0.15, 0.2) is 24.3 Å². The molecule has 0 spiro atoms. The Bertz CT molecular complexity index is 368. The highest BCUT2D eigenvalue weighted by molar-refractivity contribution is 5.17. The highest BCUT2D eigenvalue weighted by Crippen LogP contribution is 2.13. The van der Waals surface area contributed by atoms with Gasteiger partial charge in [-0.1, -0.05) is 70.4 Å². The average Bonchev–Trinajstić information content (AvgIpc) is 2.48. The Labute approximate surface area is 129 Å². The van der Waals surface area contributed by atoms with Crippen molar-refractivity contribution < 1.29 is 4.39 Å². The van der Waals surface area contributed by atoms with Gasteiger partial charge in [0.05, 0.1) is 0 Å². The number of unbranched alkanes of at least 4 members (excludes halogenated alkanes) is 7. The zero-order valence-electron chi connectivity index (χ0n) is 13.4. The summed E-state index contributed by atoms with van der Waals surface area (Å²) in [4.78, 5) is 0. The molecule has 0 aliphatic heterocycles. The number of hydrazine groups is 1. The lowest BCUT2D eigenvalue weighted by atomic mass is 10.00. The first-order valence-corrected chi connectivity index (χ1v) is 8.46. The van der Waals surface area contributed by atoms with Gasteiger partial charge in [0.15, 0.2) is 0 Å². The summed E-state index contributed by atoms with van der Waals surface area (Å²) in [7, 11) is 0. The van der Waals surface area contributed by atoms with Crippen LogP contribution in [0.3, 0.4) is 0 Å². The topological polar surface area (TPSA) is 38.0 Å². The van der Waals surface area contributed by atoms with Crippen LogP contribution < -0.4 is 11.3 Å². The maximum atomic E-state index is 13.1. The van der Waals surface area contributed by atoms with Crippen molar-refractivity contribution in [2.24, 2.45) is 5.84 Å². The molecule has 0 bridgehead atoms. The summed E-state index contributed by atoms with van der Waals surface area (Å²) in [5.41, 5.74) is 3.88. The van der Waals surface area contributed by atoms with E-state index in [9.17, 15) is 4.39 Å². The number of hydrogen-bond donors (Lipinski definition) is 2. The molecule has 120 valence electrons. The number of nitrogens with two attached hydrogens (primary N) is 1. The number of hydrogen-bond acceptors (Lipinski definition) is 2. The second kappa shape index (κ2) is 11.7. The standard InChI is InChI=1S/C18H31FN2/c1-2-3-4-5-6-7-8-9-13-18(21-20)15-16-11-10-12-17(19)14-16/h10-12,14,18,21H,2-9,13,15,20H2,1H3. The third kappa shape index (κ3) is 8.84. The first-order chi connectivity index (χ1) is 10.3. The molecule has 2 nitrogen and oxygen atoms in total. The Morgan fingerprint density at radius 2 is 1.71 bits per heavy atom. The first kappa shape index (κ1) is 18.1. The molecule has 1 aromatic carbocycles.